The van der Waals surface area contributed by atoms with Crippen LogP contribution in [0, 0.1) is 0 Å². The Kier molecular flexibility index (Phi) is 12.2. The van der Waals surface area contributed by atoms with Crippen molar-refractivity contribution in [1.82, 2.24) is 35.8 Å². The van der Waals surface area contributed by atoms with Crippen LogP contribution in [0.25, 0.3) is 21.8 Å². The third kappa shape index (κ3) is 9.68. The van der Waals surface area contributed by atoms with E-state index in [0.717, 1.165) is 27.2 Å². The number of H-pyrrole nitrogens is 1. The second kappa shape index (κ2) is 18.1. The number of fused-ring (bicyclic) bond motifs is 2. The van der Waals surface area contributed by atoms with Gasteiger partial charge in [0.1, 0.15) is 24.0 Å². The Morgan fingerprint density at radius 2 is 1.57 bits per heavy atom. The highest BCUT2D eigenvalue weighted by molar-refractivity contribution is 6.30. The number of aromatic amines is 1. The largest absolute Gasteiger partial charge is 0.445 e. The first kappa shape index (κ1) is 42.5. The van der Waals surface area contributed by atoms with E-state index in [4.69, 9.17) is 16.3 Å². The predicted molar refractivity (Wildman–Crippen MR) is 231 cm³/mol. The third-order valence-electron chi connectivity index (χ3n) is 11.3. The van der Waals surface area contributed by atoms with Gasteiger partial charge in [-0.25, -0.2) is 18.6 Å². The summed E-state index contributed by atoms with van der Waals surface area (Å²) in [5.74, 6) is -5.19. The number of pyridine rings is 2. The number of carbonyl (C=O) groups excluding carboxylic acids is 5. The maximum absolute atomic E-state index is 14.7. The number of ether oxygens (including phenoxy) is 1. The molecule has 3 aromatic heterocycles. The van der Waals surface area contributed by atoms with E-state index in [1.54, 1.807) is 66.9 Å². The van der Waals surface area contributed by atoms with Crippen LogP contribution in [-0.4, -0.2) is 93.3 Å². The molecule has 5 amide bonds. The number of alkyl halides is 2. The molecule has 15 nitrogen and oxygen atoms in total. The summed E-state index contributed by atoms with van der Waals surface area (Å²) in [6.45, 7) is -0.721. The lowest BCUT2D eigenvalue weighted by atomic mass is 9.86. The molecule has 3 aromatic carbocycles. The molecule has 5 N–H and O–H groups in total. The number of piperidine rings is 1. The summed E-state index contributed by atoms with van der Waals surface area (Å²) in [5, 5.41) is 12.9. The van der Waals surface area contributed by atoms with Gasteiger partial charge in [0.2, 0.25) is 17.7 Å². The van der Waals surface area contributed by atoms with Crippen LogP contribution in [-0.2, 0) is 32.3 Å². The molecule has 5 heterocycles. The van der Waals surface area contributed by atoms with Gasteiger partial charge in [-0.3, -0.25) is 24.2 Å². The molecule has 2 aliphatic rings. The molecule has 18 heteroatoms. The van der Waals surface area contributed by atoms with Crippen LogP contribution in [0.1, 0.15) is 40.7 Å². The molecule has 324 valence electrons. The highest BCUT2D eigenvalue weighted by Gasteiger charge is 2.50. The Balaban J connectivity index is 0.865. The van der Waals surface area contributed by atoms with Gasteiger partial charge in [-0.1, -0.05) is 54.1 Å². The zero-order valence-electron chi connectivity index (χ0n) is 33.7. The van der Waals surface area contributed by atoms with Crippen molar-refractivity contribution in [2.24, 2.45) is 0 Å². The normalized spacial score (nSPS) is 16.7. The fourth-order valence-corrected chi connectivity index (χ4v) is 8.06. The minimum atomic E-state index is -3.33. The molecule has 0 radical (unpaired) electrons. The molecule has 0 unspecified atom stereocenters. The maximum Gasteiger partial charge on any atom is 0.408 e. The molecule has 0 aliphatic carbocycles. The van der Waals surface area contributed by atoms with Crippen molar-refractivity contribution in [2.75, 3.05) is 36.4 Å². The molecule has 2 fully saturated rings. The third-order valence-corrected chi connectivity index (χ3v) is 11.5. The van der Waals surface area contributed by atoms with E-state index in [1.807, 2.05) is 18.3 Å². The second-order valence-electron chi connectivity index (χ2n) is 15.5. The number of nitrogens with zero attached hydrogens (tertiary/aromatic N) is 4. The van der Waals surface area contributed by atoms with Crippen molar-refractivity contribution in [2.45, 2.75) is 49.9 Å². The van der Waals surface area contributed by atoms with Crippen molar-refractivity contribution in [1.29, 1.82) is 0 Å². The second-order valence-corrected chi connectivity index (χ2v) is 15.9. The quantitative estimate of drug-likeness (QED) is 0.0989. The molecular formula is C45H42ClF2N9O6. The van der Waals surface area contributed by atoms with Crippen LogP contribution in [0.15, 0.2) is 110 Å². The summed E-state index contributed by atoms with van der Waals surface area (Å²) in [6.07, 6.45) is 3.83. The zero-order chi connectivity index (χ0) is 44.1. The van der Waals surface area contributed by atoms with Crippen molar-refractivity contribution in [3.8, 4) is 0 Å². The van der Waals surface area contributed by atoms with Gasteiger partial charge in [-0.15, -0.1) is 0 Å². The van der Waals surface area contributed by atoms with E-state index in [2.05, 4.69) is 41.1 Å². The standard InChI is InChI=1S/C45H42ClF2N9O6/c46-30-9-5-28(6-10-30)24-53-42(61)44(16-21-56(22-17-44)39-34-14-19-50-36(34)15-20-51-39)55-43(62)63-26-29-7-11-31(12-8-29)54-41(60)37-23-45(47,48)27-57(37)38(58)25-52-40(59)33-13-18-49-35-4-2-1-3-32(33)35/h1-15,18-20,37,50H,16-17,21-27H2,(H,52,59)(H,53,61)(H,54,60)(H,55,62)/t37-/m0/s1. The van der Waals surface area contributed by atoms with Crippen LogP contribution in [0.3, 0.4) is 0 Å². The lowest BCUT2D eigenvalue weighted by Gasteiger charge is -2.41. The summed E-state index contributed by atoms with van der Waals surface area (Å²) in [6, 6.07) is 24.0. The number of benzene rings is 3. The average Bonchev–Trinajstić information content (AvgIpc) is 3.92. The highest BCUT2D eigenvalue weighted by Crippen LogP contribution is 2.33. The molecule has 0 saturated carbocycles. The number of hydrogen-bond donors (Lipinski definition) is 5. The summed E-state index contributed by atoms with van der Waals surface area (Å²) in [7, 11) is 0. The van der Waals surface area contributed by atoms with Crippen LogP contribution in [0.4, 0.5) is 25.1 Å². The topological polar surface area (TPSA) is 191 Å². The number of para-hydroxylation sites is 1. The van der Waals surface area contributed by atoms with Gasteiger partial charge in [0, 0.05) is 66.1 Å². The van der Waals surface area contributed by atoms with Crippen molar-refractivity contribution < 1.29 is 37.5 Å². The first-order valence-electron chi connectivity index (χ1n) is 20.2. The van der Waals surface area contributed by atoms with Crippen LogP contribution < -0.4 is 26.2 Å². The monoisotopic (exact) mass is 877 g/mol. The molecular weight excluding hydrogens is 836 g/mol. The van der Waals surface area contributed by atoms with Crippen molar-refractivity contribution in [3.05, 3.63) is 131 Å². The summed E-state index contributed by atoms with van der Waals surface area (Å²) >= 11 is 6.04. The molecule has 2 saturated heterocycles. The van der Waals surface area contributed by atoms with Crippen LogP contribution in [0.2, 0.25) is 5.02 Å². The SMILES string of the molecule is O=C(NC1(C(=O)NCc2ccc(Cl)cc2)CCN(c2nccc3[nH]ccc23)CC1)OCc1ccc(NC(=O)[C@@H]2CC(F)(F)CN2C(=O)CNC(=O)c2ccnc3ccccc23)cc1. The van der Waals surface area contributed by atoms with E-state index in [1.165, 1.54) is 24.4 Å². The van der Waals surface area contributed by atoms with Crippen molar-refractivity contribution in [3.63, 3.8) is 0 Å². The van der Waals surface area contributed by atoms with E-state index < -0.39 is 60.8 Å². The van der Waals surface area contributed by atoms with Crippen LogP contribution in [0.5, 0.6) is 0 Å². The number of halogens is 3. The molecule has 2 aliphatic heterocycles. The van der Waals surface area contributed by atoms with E-state index in [0.29, 0.717) is 34.6 Å². The fraction of sp³-hybridized carbons (Fsp3) is 0.267. The minimum Gasteiger partial charge on any atom is -0.445 e. The Bertz CT molecular complexity index is 2670. The highest BCUT2D eigenvalue weighted by atomic mass is 35.5. The number of nitrogens with one attached hydrogen (secondary N) is 5. The Morgan fingerprint density at radius 1 is 0.841 bits per heavy atom. The van der Waals surface area contributed by atoms with Gasteiger partial charge < -0.3 is 40.8 Å². The number of hydrogen-bond acceptors (Lipinski definition) is 9. The van der Waals surface area contributed by atoms with Gasteiger partial charge in [0.25, 0.3) is 11.8 Å². The Hall–Kier alpha value is -7.14. The van der Waals surface area contributed by atoms with Gasteiger partial charge in [0.05, 0.1) is 29.7 Å². The molecule has 63 heavy (non-hydrogen) atoms. The first-order valence-corrected chi connectivity index (χ1v) is 20.6. The predicted octanol–water partition coefficient (Wildman–Crippen LogP) is 5.95. The molecule has 8 rings (SSSR count). The lowest BCUT2D eigenvalue weighted by Crippen LogP contribution is -2.63. The number of aromatic nitrogens is 3. The summed E-state index contributed by atoms with van der Waals surface area (Å²) in [4.78, 5) is 81.6. The maximum atomic E-state index is 14.7. The lowest BCUT2D eigenvalue weighted by molar-refractivity contribution is -0.136. The number of alkyl carbamates (subject to hydrolysis) is 1. The number of carbonyl (C=O) groups is 5. The first-order chi connectivity index (χ1) is 30.4. The molecule has 6 aromatic rings. The van der Waals surface area contributed by atoms with Gasteiger partial charge in [-0.2, -0.15) is 0 Å². The van der Waals surface area contributed by atoms with Gasteiger partial charge in [-0.05, 0) is 72.5 Å². The zero-order valence-corrected chi connectivity index (χ0v) is 34.5. The van der Waals surface area contributed by atoms with E-state index in [-0.39, 0.29) is 43.2 Å². The number of rotatable bonds is 12. The van der Waals surface area contributed by atoms with E-state index >= 15 is 0 Å². The Labute approximate surface area is 364 Å². The molecule has 1 atom stereocenters. The number of anilines is 2. The summed E-state index contributed by atoms with van der Waals surface area (Å²) < 4.78 is 34.9. The van der Waals surface area contributed by atoms with Gasteiger partial charge >= 0.3 is 6.09 Å². The van der Waals surface area contributed by atoms with E-state index in [9.17, 15) is 32.8 Å². The molecule has 0 bridgehead atoms. The number of likely N-dealkylation sites (tertiary alicyclic amines) is 1. The van der Waals surface area contributed by atoms with Crippen molar-refractivity contribution >= 4 is 74.6 Å². The fourth-order valence-electron chi connectivity index (χ4n) is 7.93. The summed E-state index contributed by atoms with van der Waals surface area (Å²) in [5.41, 5.74) is 2.08. The Morgan fingerprint density at radius 3 is 2.35 bits per heavy atom. The smallest absolute Gasteiger partial charge is 0.408 e. The molecule has 0 spiro atoms. The van der Waals surface area contributed by atoms with Gasteiger partial charge in [0.15, 0.2) is 0 Å². The number of amides is 5. The van der Waals surface area contributed by atoms with Crippen LogP contribution >= 0.6 is 11.6 Å². The average molecular weight is 878 g/mol. The minimum absolute atomic E-state index is 0.188.